The van der Waals surface area contributed by atoms with Crippen molar-refractivity contribution in [2.75, 3.05) is 7.05 Å². The molecule has 0 aromatic rings. The van der Waals surface area contributed by atoms with Gasteiger partial charge in [0.2, 0.25) is 5.91 Å². The Labute approximate surface area is 78.6 Å². The Morgan fingerprint density at radius 2 is 2.00 bits per heavy atom. The number of carbonyl (C=O) groups is 1. The largest absolute Gasteiger partial charge is 0.370 e. The van der Waals surface area contributed by atoms with Gasteiger partial charge in [0.05, 0.1) is 0 Å². The average Bonchev–Trinajstić information content (AvgIpc) is 2.19. The molecule has 0 radical (unpaired) electrons. The van der Waals surface area contributed by atoms with E-state index in [0.29, 0.717) is 0 Å². The van der Waals surface area contributed by atoms with E-state index in [9.17, 15) is 4.79 Å². The second-order valence-electron chi connectivity index (χ2n) is 3.43. The molecule has 1 saturated carbocycles. The predicted octanol–water partition coefficient (Wildman–Crippen LogP) is 0.627. The van der Waals surface area contributed by atoms with Crippen molar-refractivity contribution in [2.24, 2.45) is 16.6 Å². The third kappa shape index (κ3) is 3.05. The van der Waals surface area contributed by atoms with Crippen molar-refractivity contribution in [3.8, 4) is 0 Å². The average molecular weight is 183 g/mol. The van der Waals surface area contributed by atoms with Gasteiger partial charge in [-0.05, 0) is 12.8 Å². The van der Waals surface area contributed by atoms with Crippen LogP contribution in [0.4, 0.5) is 0 Å². The van der Waals surface area contributed by atoms with Crippen molar-refractivity contribution in [1.82, 2.24) is 5.32 Å². The van der Waals surface area contributed by atoms with Gasteiger partial charge in [-0.15, -0.1) is 0 Å². The quantitative estimate of drug-likeness (QED) is 0.462. The summed E-state index contributed by atoms with van der Waals surface area (Å²) in [6.07, 6.45) is 5.54. The van der Waals surface area contributed by atoms with Crippen molar-refractivity contribution in [3.05, 3.63) is 0 Å². The molecule has 74 valence electrons. The van der Waals surface area contributed by atoms with Gasteiger partial charge >= 0.3 is 0 Å². The van der Waals surface area contributed by atoms with Crippen LogP contribution in [0.5, 0.6) is 0 Å². The molecule has 0 unspecified atom stereocenters. The molecule has 1 aliphatic rings. The van der Waals surface area contributed by atoms with Crippen LogP contribution in [0.3, 0.4) is 0 Å². The maximum atomic E-state index is 11.5. The molecule has 3 N–H and O–H groups in total. The van der Waals surface area contributed by atoms with Gasteiger partial charge in [-0.1, -0.05) is 19.3 Å². The Kier molecular flexibility index (Phi) is 3.73. The van der Waals surface area contributed by atoms with E-state index in [1.165, 1.54) is 6.42 Å². The van der Waals surface area contributed by atoms with Gasteiger partial charge in [0.1, 0.15) is 0 Å². The minimum Gasteiger partial charge on any atom is -0.370 e. The number of guanidine groups is 1. The summed E-state index contributed by atoms with van der Waals surface area (Å²) in [6, 6.07) is 0. The van der Waals surface area contributed by atoms with E-state index >= 15 is 0 Å². The van der Waals surface area contributed by atoms with Crippen molar-refractivity contribution >= 4 is 11.9 Å². The molecule has 4 heteroatoms. The second-order valence-corrected chi connectivity index (χ2v) is 3.43. The number of hydrogen-bond donors (Lipinski definition) is 2. The first-order valence-corrected chi connectivity index (χ1v) is 4.77. The number of nitrogens with two attached hydrogens (primary N) is 1. The molecule has 1 amide bonds. The Morgan fingerprint density at radius 1 is 1.38 bits per heavy atom. The van der Waals surface area contributed by atoms with E-state index in [1.54, 1.807) is 7.05 Å². The summed E-state index contributed by atoms with van der Waals surface area (Å²) < 4.78 is 0. The number of aliphatic imine (C=N–C) groups is 1. The van der Waals surface area contributed by atoms with Crippen LogP contribution >= 0.6 is 0 Å². The van der Waals surface area contributed by atoms with Crippen molar-refractivity contribution < 1.29 is 4.79 Å². The smallest absolute Gasteiger partial charge is 0.229 e. The molecule has 0 bridgehead atoms. The first-order chi connectivity index (χ1) is 6.24. The number of hydrogen-bond acceptors (Lipinski definition) is 2. The first-order valence-electron chi connectivity index (χ1n) is 4.77. The van der Waals surface area contributed by atoms with Crippen LogP contribution in [0, 0.1) is 5.92 Å². The van der Waals surface area contributed by atoms with Gasteiger partial charge in [0.25, 0.3) is 0 Å². The summed E-state index contributed by atoms with van der Waals surface area (Å²) in [5.41, 5.74) is 5.40. The van der Waals surface area contributed by atoms with E-state index in [1.807, 2.05) is 0 Å². The lowest BCUT2D eigenvalue weighted by atomic mass is 9.89. The van der Waals surface area contributed by atoms with Gasteiger partial charge < -0.3 is 5.73 Å². The Hall–Kier alpha value is -1.06. The molecule has 13 heavy (non-hydrogen) atoms. The topological polar surface area (TPSA) is 67.5 Å². The molecule has 1 aliphatic carbocycles. The van der Waals surface area contributed by atoms with Gasteiger partial charge in [-0.3, -0.25) is 15.1 Å². The minimum atomic E-state index is 0.0304. The molecular weight excluding hydrogens is 166 g/mol. The maximum Gasteiger partial charge on any atom is 0.229 e. The lowest BCUT2D eigenvalue weighted by Crippen LogP contribution is -2.40. The van der Waals surface area contributed by atoms with Crippen LogP contribution in [0.1, 0.15) is 32.1 Å². The third-order valence-corrected chi connectivity index (χ3v) is 2.47. The lowest BCUT2D eigenvalue weighted by molar-refractivity contribution is -0.124. The van der Waals surface area contributed by atoms with Crippen molar-refractivity contribution in [2.45, 2.75) is 32.1 Å². The highest BCUT2D eigenvalue weighted by Crippen LogP contribution is 2.23. The van der Waals surface area contributed by atoms with Gasteiger partial charge in [0.15, 0.2) is 5.96 Å². The van der Waals surface area contributed by atoms with Crippen LogP contribution in [-0.4, -0.2) is 18.9 Å². The maximum absolute atomic E-state index is 11.5. The fourth-order valence-corrected chi connectivity index (χ4v) is 1.65. The zero-order valence-electron chi connectivity index (χ0n) is 8.05. The highest BCUT2D eigenvalue weighted by atomic mass is 16.2. The van der Waals surface area contributed by atoms with Crippen molar-refractivity contribution in [3.63, 3.8) is 0 Å². The predicted molar refractivity (Wildman–Crippen MR) is 52.3 cm³/mol. The summed E-state index contributed by atoms with van der Waals surface area (Å²) in [7, 11) is 1.57. The molecule has 0 aromatic heterocycles. The van der Waals surface area contributed by atoms with Gasteiger partial charge in [-0.2, -0.15) is 0 Å². The number of nitrogens with one attached hydrogen (secondary N) is 1. The van der Waals surface area contributed by atoms with E-state index in [0.717, 1.165) is 25.7 Å². The van der Waals surface area contributed by atoms with E-state index in [-0.39, 0.29) is 17.8 Å². The zero-order valence-corrected chi connectivity index (χ0v) is 8.05. The zero-order chi connectivity index (χ0) is 9.68. The molecule has 0 atom stereocenters. The third-order valence-electron chi connectivity index (χ3n) is 2.47. The molecular formula is C9H17N3O. The van der Waals surface area contributed by atoms with E-state index in [4.69, 9.17) is 5.73 Å². The standard InChI is InChI=1S/C9H17N3O/c1-11-9(10)12-8(13)7-5-3-2-4-6-7/h7H,2-6H2,1H3,(H3,10,11,12,13). The SMILES string of the molecule is CN=C(N)NC(=O)C1CCCCC1. The van der Waals surface area contributed by atoms with E-state index < -0.39 is 0 Å². The molecule has 0 aliphatic heterocycles. The Balaban J connectivity index is 2.37. The van der Waals surface area contributed by atoms with Crippen LogP contribution < -0.4 is 11.1 Å². The number of rotatable bonds is 1. The number of carbonyl (C=O) groups excluding carboxylic acids is 1. The first kappa shape index (κ1) is 10.0. The van der Waals surface area contributed by atoms with Crippen molar-refractivity contribution in [1.29, 1.82) is 0 Å². The highest BCUT2D eigenvalue weighted by molar-refractivity contribution is 5.97. The summed E-state index contributed by atoms with van der Waals surface area (Å²) in [6.45, 7) is 0. The number of amides is 1. The van der Waals surface area contributed by atoms with E-state index in [2.05, 4.69) is 10.3 Å². The summed E-state index contributed by atoms with van der Waals surface area (Å²) in [4.78, 5) is 15.2. The molecule has 0 spiro atoms. The van der Waals surface area contributed by atoms with Crippen LogP contribution in [0.15, 0.2) is 4.99 Å². The van der Waals surface area contributed by atoms with Gasteiger partial charge in [-0.25, -0.2) is 0 Å². The lowest BCUT2D eigenvalue weighted by Gasteiger charge is -2.20. The highest BCUT2D eigenvalue weighted by Gasteiger charge is 2.21. The fourth-order valence-electron chi connectivity index (χ4n) is 1.65. The van der Waals surface area contributed by atoms with Crippen LogP contribution in [0.2, 0.25) is 0 Å². The molecule has 1 fully saturated rings. The van der Waals surface area contributed by atoms with Crippen LogP contribution in [0.25, 0.3) is 0 Å². The van der Waals surface area contributed by atoms with Crippen LogP contribution in [-0.2, 0) is 4.79 Å². The summed E-state index contributed by atoms with van der Waals surface area (Å²) in [5, 5.41) is 2.59. The molecule has 1 rings (SSSR count). The molecule has 0 aromatic carbocycles. The Morgan fingerprint density at radius 3 is 2.54 bits per heavy atom. The molecule has 0 saturated heterocycles. The minimum absolute atomic E-state index is 0.0304. The second kappa shape index (κ2) is 4.84. The van der Waals surface area contributed by atoms with Gasteiger partial charge in [0, 0.05) is 13.0 Å². The fraction of sp³-hybridized carbons (Fsp3) is 0.778. The molecule has 4 nitrogen and oxygen atoms in total. The normalized spacial score (nSPS) is 19.9. The Bertz CT molecular complexity index is 207. The summed E-state index contributed by atoms with van der Waals surface area (Å²) >= 11 is 0. The number of nitrogens with zero attached hydrogens (tertiary/aromatic N) is 1. The molecule has 0 heterocycles. The monoisotopic (exact) mass is 183 g/mol. The summed E-state index contributed by atoms with van der Waals surface area (Å²) in [5.74, 6) is 0.396.